The zero-order valence-electron chi connectivity index (χ0n) is 20.1. The monoisotopic (exact) mass is 483 g/mol. The fraction of sp³-hybridized carbons (Fsp3) is 0.172. The van der Waals surface area contributed by atoms with Crippen LogP contribution in [0.3, 0.4) is 0 Å². The molecule has 5 rings (SSSR count). The molecule has 1 N–H and O–H groups in total. The Labute approximate surface area is 208 Å². The van der Waals surface area contributed by atoms with Crippen molar-refractivity contribution in [2.75, 3.05) is 19.1 Å². The quantitative estimate of drug-likeness (QED) is 0.335. The summed E-state index contributed by atoms with van der Waals surface area (Å²) in [5.41, 5.74) is 2.63. The number of ether oxygens (including phenoxy) is 2. The number of aliphatic hydroxyl groups is 1. The van der Waals surface area contributed by atoms with Crippen molar-refractivity contribution >= 4 is 28.3 Å². The molecule has 1 aliphatic heterocycles. The molecule has 0 bridgehead atoms. The maximum atomic E-state index is 13.8. The molecule has 182 valence electrons. The van der Waals surface area contributed by atoms with Crippen LogP contribution in [0.4, 0.5) is 5.69 Å². The number of methoxy groups -OCH3 is 2. The van der Waals surface area contributed by atoms with Crippen molar-refractivity contribution in [1.82, 2.24) is 0 Å². The molecule has 0 aliphatic carbocycles. The first kappa shape index (κ1) is 23.2. The molecule has 36 heavy (non-hydrogen) atoms. The highest BCUT2D eigenvalue weighted by Gasteiger charge is 2.45. The topological polar surface area (TPSA) is 89.2 Å². The number of para-hydroxylation sites is 1. The van der Waals surface area contributed by atoms with Crippen LogP contribution < -0.4 is 14.4 Å². The predicted molar refractivity (Wildman–Crippen MR) is 136 cm³/mol. The molecule has 4 aromatic rings. The third-order valence-electron chi connectivity index (χ3n) is 6.44. The van der Waals surface area contributed by atoms with Gasteiger partial charge in [-0.1, -0.05) is 43.3 Å². The van der Waals surface area contributed by atoms with Gasteiger partial charge in [0.1, 0.15) is 5.75 Å². The molecule has 0 saturated heterocycles. The highest BCUT2D eigenvalue weighted by atomic mass is 16.5. The van der Waals surface area contributed by atoms with Crippen molar-refractivity contribution in [1.29, 1.82) is 0 Å². The summed E-state index contributed by atoms with van der Waals surface area (Å²) in [6.07, 6.45) is 0.844. The van der Waals surface area contributed by atoms with Gasteiger partial charge in [-0.25, -0.2) is 0 Å². The van der Waals surface area contributed by atoms with Gasteiger partial charge in [0.25, 0.3) is 5.91 Å². The van der Waals surface area contributed by atoms with Crippen molar-refractivity contribution < 1.29 is 28.6 Å². The fourth-order valence-electron chi connectivity index (χ4n) is 4.56. The molecule has 0 radical (unpaired) electrons. The van der Waals surface area contributed by atoms with E-state index in [2.05, 4.69) is 0 Å². The van der Waals surface area contributed by atoms with Gasteiger partial charge in [0.15, 0.2) is 22.9 Å². The number of rotatable bonds is 7. The van der Waals surface area contributed by atoms with Gasteiger partial charge >= 0.3 is 0 Å². The molecule has 0 spiro atoms. The van der Waals surface area contributed by atoms with Crippen molar-refractivity contribution in [2.45, 2.75) is 19.4 Å². The molecule has 1 aromatic heterocycles. The Bertz CT molecular complexity index is 1500. The second kappa shape index (κ2) is 9.26. The number of carbonyl (C=O) groups is 2. The van der Waals surface area contributed by atoms with E-state index >= 15 is 0 Å². The van der Waals surface area contributed by atoms with Crippen LogP contribution in [0.15, 0.2) is 88.5 Å². The summed E-state index contributed by atoms with van der Waals surface area (Å²) in [5.74, 6) is -0.814. The fourth-order valence-corrected chi connectivity index (χ4v) is 4.56. The molecular weight excluding hydrogens is 458 g/mol. The van der Waals surface area contributed by atoms with Gasteiger partial charge < -0.3 is 19.0 Å². The lowest BCUT2D eigenvalue weighted by Gasteiger charge is -2.27. The highest BCUT2D eigenvalue weighted by molar-refractivity contribution is 6.20. The van der Waals surface area contributed by atoms with E-state index in [1.54, 1.807) is 55.6 Å². The number of Topliss-reactive ketones (excluding diaryl/α,β-unsaturated/α-hetero) is 1. The minimum atomic E-state index is -0.886. The second-order valence-corrected chi connectivity index (χ2v) is 8.45. The normalized spacial score (nSPS) is 15.6. The maximum absolute atomic E-state index is 13.8. The predicted octanol–water partition coefficient (Wildman–Crippen LogP) is 5.80. The number of hydrogen-bond acceptors (Lipinski definition) is 6. The lowest BCUT2D eigenvalue weighted by molar-refractivity contribution is -0.117. The van der Waals surface area contributed by atoms with Crippen LogP contribution in [0.2, 0.25) is 0 Å². The molecule has 7 nitrogen and oxygen atoms in total. The lowest BCUT2D eigenvalue weighted by atomic mass is 9.94. The lowest BCUT2D eigenvalue weighted by Crippen LogP contribution is -2.31. The zero-order valence-corrected chi connectivity index (χ0v) is 20.1. The van der Waals surface area contributed by atoms with Gasteiger partial charge in [-0.2, -0.15) is 0 Å². The summed E-state index contributed by atoms with van der Waals surface area (Å²) in [6, 6.07) is 20.6. The van der Waals surface area contributed by atoms with Crippen molar-refractivity contribution in [3.63, 3.8) is 0 Å². The summed E-state index contributed by atoms with van der Waals surface area (Å²) in [7, 11) is 3.06. The van der Waals surface area contributed by atoms with Gasteiger partial charge in [-0.05, 0) is 53.9 Å². The van der Waals surface area contributed by atoms with E-state index in [1.165, 1.54) is 12.0 Å². The molecule has 1 atom stereocenters. The number of aliphatic hydroxyl groups excluding tert-OH is 1. The van der Waals surface area contributed by atoms with E-state index in [4.69, 9.17) is 13.9 Å². The van der Waals surface area contributed by atoms with E-state index in [9.17, 15) is 14.7 Å². The third-order valence-corrected chi connectivity index (χ3v) is 6.44. The van der Waals surface area contributed by atoms with Gasteiger partial charge in [-0.15, -0.1) is 0 Å². The van der Waals surface area contributed by atoms with Crippen molar-refractivity contribution in [2.24, 2.45) is 0 Å². The molecule has 0 saturated carbocycles. The minimum Gasteiger partial charge on any atom is -0.503 e. The molecule has 3 aromatic carbocycles. The number of benzene rings is 3. The van der Waals surface area contributed by atoms with Gasteiger partial charge in [0.2, 0.25) is 5.78 Å². The average molecular weight is 484 g/mol. The summed E-state index contributed by atoms with van der Waals surface area (Å²) >= 11 is 0. The molecule has 7 heteroatoms. The van der Waals surface area contributed by atoms with Crippen LogP contribution in [0.1, 0.15) is 34.6 Å². The molecule has 1 amide bonds. The second-order valence-electron chi connectivity index (χ2n) is 8.45. The van der Waals surface area contributed by atoms with E-state index in [1.807, 2.05) is 31.2 Å². The molecule has 2 heterocycles. The summed E-state index contributed by atoms with van der Waals surface area (Å²) in [4.78, 5) is 28.7. The SMILES string of the molecule is CCc1ccc(N2C(=O)C(O)=C(C(=O)c3cc4cccc(OC)c4o3)C2c2cccc(OC)c2)cc1. The van der Waals surface area contributed by atoms with Crippen LogP contribution >= 0.6 is 0 Å². The van der Waals surface area contributed by atoms with E-state index in [0.29, 0.717) is 33.7 Å². The van der Waals surface area contributed by atoms with Gasteiger partial charge in [-0.3, -0.25) is 14.5 Å². The first-order valence-electron chi connectivity index (χ1n) is 11.6. The molecule has 1 unspecified atom stereocenters. The summed E-state index contributed by atoms with van der Waals surface area (Å²) in [6.45, 7) is 2.04. The summed E-state index contributed by atoms with van der Waals surface area (Å²) in [5, 5.41) is 11.7. The minimum absolute atomic E-state index is 0.0000676. The Hall–Kier alpha value is -4.52. The number of hydrogen-bond donors (Lipinski definition) is 1. The van der Waals surface area contributed by atoms with Crippen LogP contribution in [-0.2, 0) is 11.2 Å². The Morgan fingerprint density at radius 2 is 1.75 bits per heavy atom. The largest absolute Gasteiger partial charge is 0.503 e. The first-order chi connectivity index (χ1) is 17.5. The van der Waals surface area contributed by atoms with Crippen LogP contribution in [0.5, 0.6) is 11.5 Å². The maximum Gasteiger partial charge on any atom is 0.294 e. The highest BCUT2D eigenvalue weighted by Crippen LogP contribution is 2.43. The number of fused-ring (bicyclic) bond motifs is 1. The molecule has 1 aliphatic rings. The Morgan fingerprint density at radius 1 is 1.00 bits per heavy atom. The van der Waals surface area contributed by atoms with Gasteiger partial charge in [0, 0.05) is 11.1 Å². The van der Waals surface area contributed by atoms with Crippen molar-refractivity contribution in [3.05, 3.63) is 101 Å². The number of amides is 1. The van der Waals surface area contributed by atoms with Crippen LogP contribution in [0, 0.1) is 0 Å². The van der Waals surface area contributed by atoms with E-state index in [0.717, 1.165) is 12.0 Å². The Morgan fingerprint density at radius 3 is 2.44 bits per heavy atom. The van der Waals surface area contributed by atoms with Crippen molar-refractivity contribution in [3.8, 4) is 11.5 Å². The molecular formula is C29H25NO6. The van der Waals surface area contributed by atoms with Crippen LogP contribution in [0.25, 0.3) is 11.0 Å². The Balaban J connectivity index is 1.66. The number of anilines is 1. The number of ketones is 1. The van der Waals surface area contributed by atoms with E-state index in [-0.39, 0.29) is 11.3 Å². The number of aryl methyl sites for hydroxylation is 1. The average Bonchev–Trinajstić information content (AvgIpc) is 3.47. The van der Waals surface area contributed by atoms with E-state index < -0.39 is 23.5 Å². The standard InChI is InChI=1S/C29H25NO6/c1-4-17-11-13-20(14-12-17)30-25(18-7-5-9-21(15-18)34-2)24(27(32)29(30)33)26(31)23-16-19-8-6-10-22(35-3)28(19)36-23/h5-16,25,32H,4H2,1-3H3. The van der Waals surface area contributed by atoms with Crippen LogP contribution in [-0.4, -0.2) is 31.0 Å². The number of nitrogens with zero attached hydrogens (tertiary/aromatic N) is 1. The Kier molecular flexibility index (Phi) is 5.98. The third kappa shape index (κ3) is 3.79. The smallest absolute Gasteiger partial charge is 0.294 e. The summed E-state index contributed by atoms with van der Waals surface area (Å²) < 4.78 is 16.6. The number of furan rings is 1. The molecule has 0 fully saturated rings. The number of carbonyl (C=O) groups excluding carboxylic acids is 2. The first-order valence-corrected chi connectivity index (χ1v) is 11.6. The van der Waals surface area contributed by atoms with Gasteiger partial charge in [0.05, 0.1) is 25.8 Å². The zero-order chi connectivity index (χ0) is 25.4.